The molecule has 0 aliphatic carbocycles. The number of hydrogen-bond donors (Lipinski definition) is 0. The first-order valence-corrected chi connectivity index (χ1v) is 5.47. The second-order valence-electron chi connectivity index (χ2n) is 4.38. The first-order valence-electron chi connectivity index (χ1n) is 5.47. The Morgan fingerprint density at radius 3 is 2.60 bits per heavy atom. The van der Waals surface area contributed by atoms with Crippen LogP contribution in [-0.2, 0) is 0 Å². The number of benzene rings is 1. The lowest BCUT2D eigenvalue weighted by Gasteiger charge is -2.12. The van der Waals surface area contributed by atoms with Gasteiger partial charge in [0.2, 0.25) is 0 Å². The lowest BCUT2D eigenvalue weighted by Crippen LogP contribution is -2.19. The Hall–Kier alpha value is -1.02. The van der Waals surface area contributed by atoms with E-state index < -0.39 is 0 Å². The first-order chi connectivity index (χ1) is 7.09. The summed E-state index contributed by atoms with van der Waals surface area (Å²) in [5.41, 5.74) is 1.33. The highest BCUT2D eigenvalue weighted by atomic mass is 16.5. The van der Waals surface area contributed by atoms with Crippen molar-refractivity contribution in [3.8, 4) is 5.75 Å². The van der Waals surface area contributed by atoms with E-state index in [1.165, 1.54) is 5.56 Å². The standard InChI is InChI=1S/C13H21NO/c1-11(2)12-6-5-7-13(10-12)15-9-8-14(3)4/h5-7,10-11H,8-9H2,1-4H3. The van der Waals surface area contributed by atoms with E-state index in [2.05, 4.69) is 36.9 Å². The third-order valence-corrected chi connectivity index (χ3v) is 2.33. The molecule has 0 bridgehead atoms. The van der Waals surface area contributed by atoms with Crippen LogP contribution in [0, 0.1) is 0 Å². The zero-order valence-electron chi connectivity index (χ0n) is 10.2. The zero-order chi connectivity index (χ0) is 11.3. The molecule has 0 amide bonds. The van der Waals surface area contributed by atoms with Crippen molar-refractivity contribution in [2.45, 2.75) is 19.8 Å². The maximum atomic E-state index is 5.67. The molecule has 0 radical (unpaired) electrons. The molecule has 15 heavy (non-hydrogen) atoms. The monoisotopic (exact) mass is 207 g/mol. The predicted molar refractivity (Wildman–Crippen MR) is 64.6 cm³/mol. The number of ether oxygens (including phenoxy) is 1. The minimum Gasteiger partial charge on any atom is -0.492 e. The Labute approximate surface area is 92.9 Å². The summed E-state index contributed by atoms with van der Waals surface area (Å²) in [4.78, 5) is 2.12. The second kappa shape index (κ2) is 5.76. The Morgan fingerprint density at radius 2 is 2.00 bits per heavy atom. The van der Waals surface area contributed by atoms with Gasteiger partial charge in [-0.1, -0.05) is 26.0 Å². The van der Waals surface area contributed by atoms with E-state index in [1.807, 2.05) is 20.2 Å². The summed E-state index contributed by atoms with van der Waals surface area (Å²) in [5, 5.41) is 0. The summed E-state index contributed by atoms with van der Waals surface area (Å²) in [5.74, 6) is 1.53. The van der Waals surface area contributed by atoms with Gasteiger partial charge in [-0.15, -0.1) is 0 Å². The highest BCUT2D eigenvalue weighted by Gasteiger charge is 2.00. The minimum atomic E-state index is 0.558. The fraction of sp³-hybridized carbons (Fsp3) is 0.538. The van der Waals surface area contributed by atoms with Crippen LogP contribution in [0.25, 0.3) is 0 Å². The van der Waals surface area contributed by atoms with E-state index in [0.717, 1.165) is 18.9 Å². The molecule has 0 N–H and O–H groups in total. The van der Waals surface area contributed by atoms with Gasteiger partial charge in [-0.25, -0.2) is 0 Å². The van der Waals surface area contributed by atoms with E-state index in [9.17, 15) is 0 Å². The largest absolute Gasteiger partial charge is 0.492 e. The first kappa shape index (κ1) is 12.1. The number of rotatable bonds is 5. The van der Waals surface area contributed by atoms with E-state index in [1.54, 1.807) is 0 Å². The van der Waals surface area contributed by atoms with Gasteiger partial charge in [0.05, 0.1) is 0 Å². The zero-order valence-corrected chi connectivity index (χ0v) is 10.2. The Kier molecular flexibility index (Phi) is 4.63. The van der Waals surface area contributed by atoms with Gasteiger partial charge in [-0.2, -0.15) is 0 Å². The molecule has 0 spiro atoms. The molecule has 0 saturated heterocycles. The van der Waals surface area contributed by atoms with Crippen molar-refractivity contribution < 1.29 is 4.74 Å². The molecule has 1 aromatic rings. The molecule has 0 unspecified atom stereocenters. The average molecular weight is 207 g/mol. The Balaban J connectivity index is 2.50. The lowest BCUT2D eigenvalue weighted by atomic mass is 10.0. The molecular weight excluding hydrogens is 186 g/mol. The third-order valence-electron chi connectivity index (χ3n) is 2.33. The van der Waals surface area contributed by atoms with Gasteiger partial charge in [0.1, 0.15) is 12.4 Å². The van der Waals surface area contributed by atoms with Crippen LogP contribution in [0.1, 0.15) is 25.3 Å². The molecule has 1 aromatic carbocycles. The van der Waals surface area contributed by atoms with Gasteiger partial charge in [0.25, 0.3) is 0 Å². The Morgan fingerprint density at radius 1 is 1.27 bits per heavy atom. The van der Waals surface area contributed by atoms with Crippen molar-refractivity contribution >= 4 is 0 Å². The highest BCUT2D eigenvalue weighted by Crippen LogP contribution is 2.19. The van der Waals surface area contributed by atoms with Gasteiger partial charge in [-0.3, -0.25) is 0 Å². The maximum absolute atomic E-state index is 5.67. The second-order valence-corrected chi connectivity index (χ2v) is 4.38. The van der Waals surface area contributed by atoms with E-state index in [0.29, 0.717) is 5.92 Å². The summed E-state index contributed by atoms with van der Waals surface area (Å²) in [6, 6.07) is 8.34. The highest BCUT2D eigenvalue weighted by molar-refractivity contribution is 5.30. The van der Waals surface area contributed by atoms with Gasteiger partial charge in [0, 0.05) is 6.54 Å². The van der Waals surface area contributed by atoms with Gasteiger partial charge < -0.3 is 9.64 Å². The summed E-state index contributed by atoms with van der Waals surface area (Å²) >= 11 is 0. The SMILES string of the molecule is CC(C)c1cccc(OCCN(C)C)c1. The molecule has 0 atom stereocenters. The molecule has 1 rings (SSSR count). The molecule has 2 nitrogen and oxygen atoms in total. The van der Waals surface area contributed by atoms with Gasteiger partial charge in [0.15, 0.2) is 0 Å². The van der Waals surface area contributed by atoms with Gasteiger partial charge >= 0.3 is 0 Å². The van der Waals surface area contributed by atoms with E-state index in [-0.39, 0.29) is 0 Å². The summed E-state index contributed by atoms with van der Waals surface area (Å²) < 4.78 is 5.67. The van der Waals surface area contributed by atoms with E-state index >= 15 is 0 Å². The molecule has 0 aliphatic rings. The Bertz CT molecular complexity index is 294. The summed E-state index contributed by atoms with van der Waals surface area (Å²) in [6.45, 7) is 6.08. The van der Waals surface area contributed by atoms with Crippen LogP contribution < -0.4 is 4.74 Å². The fourth-order valence-corrected chi connectivity index (χ4v) is 1.31. The fourth-order valence-electron chi connectivity index (χ4n) is 1.31. The van der Waals surface area contributed by atoms with Crippen LogP contribution in [0.4, 0.5) is 0 Å². The van der Waals surface area contributed by atoms with E-state index in [4.69, 9.17) is 4.74 Å². The predicted octanol–water partition coefficient (Wildman–Crippen LogP) is 2.75. The van der Waals surface area contributed by atoms with Crippen LogP contribution in [0.2, 0.25) is 0 Å². The van der Waals surface area contributed by atoms with Crippen LogP contribution in [0.15, 0.2) is 24.3 Å². The van der Waals surface area contributed by atoms with Crippen LogP contribution in [0.5, 0.6) is 5.75 Å². The average Bonchev–Trinajstić information content (AvgIpc) is 2.17. The lowest BCUT2D eigenvalue weighted by molar-refractivity contribution is 0.261. The molecule has 2 heteroatoms. The smallest absolute Gasteiger partial charge is 0.119 e. The van der Waals surface area contributed by atoms with Crippen molar-refractivity contribution in [3.63, 3.8) is 0 Å². The van der Waals surface area contributed by atoms with Crippen LogP contribution >= 0.6 is 0 Å². The molecule has 0 saturated carbocycles. The van der Waals surface area contributed by atoms with Crippen molar-refractivity contribution in [2.75, 3.05) is 27.2 Å². The van der Waals surface area contributed by atoms with Crippen molar-refractivity contribution in [1.29, 1.82) is 0 Å². The van der Waals surface area contributed by atoms with Crippen molar-refractivity contribution in [3.05, 3.63) is 29.8 Å². The van der Waals surface area contributed by atoms with Crippen LogP contribution in [0.3, 0.4) is 0 Å². The third kappa shape index (κ3) is 4.34. The maximum Gasteiger partial charge on any atom is 0.119 e. The number of likely N-dealkylation sites (N-methyl/N-ethyl adjacent to an activating group) is 1. The van der Waals surface area contributed by atoms with Gasteiger partial charge in [-0.05, 0) is 37.7 Å². The topological polar surface area (TPSA) is 12.5 Å². The van der Waals surface area contributed by atoms with Crippen molar-refractivity contribution in [2.24, 2.45) is 0 Å². The molecular formula is C13H21NO. The van der Waals surface area contributed by atoms with Crippen LogP contribution in [-0.4, -0.2) is 32.1 Å². The molecule has 0 aliphatic heterocycles. The minimum absolute atomic E-state index is 0.558. The molecule has 0 heterocycles. The number of nitrogens with zero attached hydrogens (tertiary/aromatic N) is 1. The summed E-state index contributed by atoms with van der Waals surface area (Å²) in [7, 11) is 4.10. The quantitative estimate of drug-likeness (QED) is 0.736. The normalized spacial score (nSPS) is 11.1. The van der Waals surface area contributed by atoms with Crippen molar-refractivity contribution in [1.82, 2.24) is 4.90 Å². The molecule has 0 fully saturated rings. The summed E-state index contributed by atoms with van der Waals surface area (Å²) in [6.07, 6.45) is 0. The number of hydrogen-bond acceptors (Lipinski definition) is 2. The molecule has 84 valence electrons. The molecule has 0 aromatic heterocycles.